The van der Waals surface area contributed by atoms with Crippen molar-refractivity contribution in [2.75, 3.05) is 0 Å². The summed E-state index contributed by atoms with van der Waals surface area (Å²) < 4.78 is 0. The molecule has 0 unspecified atom stereocenters. The Morgan fingerprint density at radius 2 is 1.94 bits per heavy atom. The molecule has 0 aromatic carbocycles. The van der Waals surface area contributed by atoms with E-state index < -0.39 is 17.0 Å². The van der Waals surface area contributed by atoms with Crippen LogP contribution in [0.25, 0.3) is 0 Å². The number of hydrogen-bond donors (Lipinski definition) is 2. The van der Waals surface area contributed by atoms with E-state index in [0.29, 0.717) is 6.42 Å². The molecule has 0 saturated heterocycles. The van der Waals surface area contributed by atoms with Gasteiger partial charge in [0.05, 0.1) is 11.0 Å². The van der Waals surface area contributed by atoms with Crippen LogP contribution in [0.2, 0.25) is 0 Å². The first-order valence-electron chi connectivity index (χ1n) is 5.24. The summed E-state index contributed by atoms with van der Waals surface area (Å²) in [6, 6.07) is 0. The average molecular weight is 224 g/mol. The zero-order valence-electron chi connectivity index (χ0n) is 9.70. The van der Waals surface area contributed by atoms with Crippen molar-refractivity contribution >= 4 is 11.6 Å². The second-order valence-electron chi connectivity index (χ2n) is 4.42. The zero-order chi connectivity index (χ0) is 12.5. The van der Waals surface area contributed by atoms with Crippen LogP contribution in [0.4, 0.5) is 0 Å². The average Bonchev–Trinajstić information content (AvgIpc) is 2.16. The Morgan fingerprint density at radius 1 is 1.38 bits per heavy atom. The highest BCUT2D eigenvalue weighted by Gasteiger charge is 2.39. The molecule has 1 aliphatic rings. The van der Waals surface area contributed by atoms with Crippen LogP contribution in [-0.4, -0.2) is 21.8 Å². The molecule has 0 amide bonds. The van der Waals surface area contributed by atoms with Crippen molar-refractivity contribution in [2.45, 2.75) is 33.6 Å². The number of aliphatic hydroxyl groups excluding tert-OH is 2. The molecule has 0 radical (unpaired) electrons. The van der Waals surface area contributed by atoms with Gasteiger partial charge < -0.3 is 10.2 Å². The topological polar surface area (TPSA) is 74.6 Å². The highest BCUT2D eigenvalue weighted by molar-refractivity contribution is 6.07. The van der Waals surface area contributed by atoms with Crippen LogP contribution in [0.3, 0.4) is 0 Å². The fraction of sp³-hybridized carbons (Fsp3) is 0.500. The summed E-state index contributed by atoms with van der Waals surface area (Å²) in [5, 5.41) is 19.4. The van der Waals surface area contributed by atoms with Crippen molar-refractivity contribution in [2.24, 2.45) is 5.41 Å². The minimum atomic E-state index is -1.13. The Bertz CT molecular complexity index is 399. The molecular formula is C12H16O4. The van der Waals surface area contributed by atoms with Gasteiger partial charge in [-0.25, -0.2) is 0 Å². The van der Waals surface area contributed by atoms with E-state index in [1.807, 2.05) is 6.92 Å². The normalized spacial score (nSPS) is 19.7. The third-order valence-electron chi connectivity index (χ3n) is 2.72. The van der Waals surface area contributed by atoms with Crippen molar-refractivity contribution in [1.29, 1.82) is 0 Å². The number of carbonyl (C=O) groups excluding carboxylic acids is 2. The maximum Gasteiger partial charge on any atom is 0.172 e. The summed E-state index contributed by atoms with van der Waals surface area (Å²) in [6.45, 7) is 4.87. The van der Waals surface area contributed by atoms with Crippen LogP contribution < -0.4 is 0 Å². The molecule has 0 spiro atoms. The van der Waals surface area contributed by atoms with Crippen LogP contribution in [0.5, 0.6) is 0 Å². The lowest BCUT2D eigenvalue weighted by molar-refractivity contribution is -0.122. The predicted molar refractivity (Wildman–Crippen MR) is 59.1 cm³/mol. The first kappa shape index (κ1) is 12.5. The summed E-state index contributed by atoms with van der Waals surface area (Å²) in [5.74, 6) is -1.51. The van der Waals surface area contributed by atoms with Gasteiger partial charge in [-0.15, -0.1) is 0 Å². The standard InChI is InChI=1S/C12H16O4/c1-4-5-7(13)10-8(14)6-9(15)12(2,3)11(10)16/h6,14,16H,4-5H2,1-3H3. The molecular weight excluding hydrogens is 208 g/mol. The molecule has 0 heterocycles. The molecule has 4 nitrogen and oxygen atoms in total. The lowest BCUT2D eigenvalue weighted by atomic mass is 9.78. The first-order valence-corrected chi connectivity index (χ1v) is 5.24. The van der Waals surface area contributed by atoms with Crippen LogP contribution in [0.15, 0.2) is 23.2 Å². The fourth-order valence-corrected chi connectivity index (χ4v) is 1.55. The van der Waals surface area contributed by atoms with Crippen molar-refractivity contribution in [3.8, 4) is 0 Å². The van der Waals surface area contributed by atoms with Gasteiger partial charge in [-0.3, -0.25) is 9.59 Å². The zero-order valence-corrected chi connectivity index (χ0v) is 9.70. The fourth-order valence-electron chi connectivity index (χ4n) is 1.55. The predicted octanol–water partition coefficient (Wildman–Crippen LogP) is 2.22. The third kappa shape index (κ3) is 1.87. The summed E-state index contributed by atoms with van der Waals surface area (Å²) in [7, 11) is 0. The van der Waals surface area contributed by atoms with E-state index in [1.165, 1.54) is 13.8 Å². The van der Waals surface area contributed by atoms with Crippen LogP contribution in [0.1, 0.15) is 33.6 Å². The van der Waals surface area contributed by atoms with Gasteiger partial charge >= 0.3 is 0 Å². The van der Waals surface area contributed by atoms with E-state index in [1.54, 1.807) is 0 Å². The van der Waals surface area contributed by atoms with E-state index in [2.05, 4.69) is 0 Å². The number of ketones is 2. The van der Waals surface area contributed by atoms with Crippen LogP contribution >= 0.6 is 0 Å². The van der Waals surface area contributed by atoms with Crippen molar-refractivity contribution < 1.29 is 19.8 Å². The summed E-state index contributed by atoms with van der Waals surface area (Å²) in [5.41, 5.74) is -1.25. The second-order valence-corrected chi connectivity index (χ2v) is 4.42. The highest BCUT2D eigenvalue weighted by Crippen LogP contribution is 2.35. The Hall–Kier alpha value is -1.58. The lowest BCUT2D eigenvalue weighted by Gasteiger charge is -2.26. The molecule has 2 N–H and O–H groups in total. The van der Waals surface area contributed by atoms with Gasteiger partial charge in [0.25, 0.3) is 0 Å². The van der Waals surface area contributed by atoms with E-state index in [4.69, 9.17) is 0 Å². The molecule has 0 aliphatic heterocycles. The third-order valence-corrected chi connectivity index (χ3v) is 2.72. The Morgan fingerprint density at radius 3 is 2.44 bits per heavy atom. The molecule has 1 aliphatic carbocycles. The minimum absolute atomic E-state index is 0.119. The molecule has 1 rings (SSSR count). The summed E-state index contributed by atoms with van der Waals surface area (Å²) in [6.07, 6.45) is 1.86. The van der Waals surface area contributed by atoms with E-state index in [-0.39, 0.29) is 23.5 Å². The first-order chi connectivity index (χ1) is 7.32. The Kier molecular flexibility index (Phi) is 3.21. The van der Waals surface area contributed by atoms with Crippen LogP contribution in [-0.2, 0) is 9.59 Å². The summed E-state index contributed by atoms with van der Waals surface area (Å²) in [4.78, 5) is 23.2. The minimum Gasteiger partial charge on any atom is -0.510 e. The molecule has 0 fully saturated rings. The van der Waals surface area contributed by atoms with Gasteiger partial charge in [0, 0.05) is 12.5 Å². The maximum absolute atomic E-state index is 11.7. The SMILES string of the molecule is CCCC(=O)C1=C(O)C(C)(C)C(=O)C=C1O. The van der Waals surface area contributed by atoms with Crippen molar-refractivity contribution in [1.82, 2.24) is 0 Å². The molecule has 0 bridgehead atoms. The number of carbonyl (C=O) groups is 2. The number of hydrogen-bond acceptors (Lipinski definition) is 4. The monoisotopic (exact) mass is 224 g/mol. The molecule has 0 aromatic rings. The van der Waals surface area contributed by atoms with Crippen LogP contribution in [0, 0.1) is 5.41 Å². The van der Waals surface area contributed by atoms with Gasteiger partial charge in [-0.2, -0.15) is 0 Å². The molecule has 88 valence electrons. The van der Waals surface area contributed by atoms with E-state index >= 15 is 0 Å². The smallest absolute Gasteiger partial charge is 0.172 e. The molecule has 4 heteroatoms. The number of aliphatic hydroxyl groups is 2. The molecule has 0 saturated carbocycles. The second kappa shape index (κ2) is 4.12. The highest BCUT2D eigenvalue weighted by atomic mass is 16.3. The van der Waals surface area contributed by atoms with E-state index in [0.717, 1.165) is 6.08 Å². The number of rotatable bonds is 3. The van der Waals surface area contributed by atoms with Gasteiger partial charge in [-0.05, 0) is 20.3 Å². The van der Waals surface area contributed by atoms with Crippen molar-refractivity contribution in [3.05, 3.63) is 23.2 Å². The Labute approximate surface area is 94.3 Å². The largest absolute Gasteiger partial charge is 0.510 e. The van der Waals surface area contributed by atoms with Gasteiger partial charge in [0.15, 0.2) is 11.6 Å². The number of Topliss-reactive ketones (excluding diaryl/α,β-unsaturated/α-hetero) is 1. The van der Waals surface area contributed by atoms with Crippen molar-refractivity contribution in [3.63, 3.8) is 0 Å². The molecule has 0 atom stereocenters. The summed E-state index contributed by atoms with van der Waals surface area (Å²) >= 11 is 0. The van der Waals surface area contributed by atoms with Gasteiger partial charge in [-0.1, -0.05) is 6.92 Å². The Balaban J connectivity index is 3.25. The maximum atomic E-state index is 11.7. The number of allylic oxidation sites excluding steroid dienone is 3. The van der Waals surface area contributed by atoms with Gasteiger partial charge in [0.2, 0.25) is 0 Å². The van der Waals surface area contributed by atoms with E-state index in [9.17, 15) is 19.8 Å². The molecule has 16 heavy (non-hydrogen) atoms. The quantitative estimate of drug-likeness (QED) is 0.770. The van der Waals surface area contributed by atoms with Gasteiger partial charge in [0.1, 0.15) is 11.5 Å². The lowest BCUT2D eigenvalue weighted by Crippen LogP contribution is -2.32. The molecule has 0 aromatic heterocycles.